The highest BCUT2D eigenvalue weighted by Gasteiger charge is 2.32. The van der Waals surface area contributed by atoms with Crippen LogP contribution in [0.15, 0.2) is 47.1 Å². The lowest BCUT2D eigenvalue weighted by Gasteiger charge is -2.28. The summed E-state index contributed by atoms with van der Waals surface area (Å²) >= 11 is 0. The van der Waals surface area contributed by atoms with Crippen LogP contribution in [0.25, 0.3) is 0 Å². The average molecular weight is 440 g/mol. The average Bonchev–Trinajstić information content (AvgIpc) is 3.40. The third kappa shape index (κ3) is 4.64. The molecule has 0 saturated carbocycles. The van der Waals surface area contributed by atoms with Crippen molar-refractivity contribution < 1.29 is 27.9 Å². The zero-order valence-corrected chi connectivity index (χ0v) is 18.4. The van der Waals surface area contributed by atoms with Gasteiger partial charge in [0.05, 0.1) is 18.9 Å². The van der Waals surface area contributed by atoms with E-state index in [0.717, 1.165) is 0 Å². The van der Waals surface area contributed by atoms with Gasteiger partial charge in [-0.05, 0) is 63.1 Å². The number of esters is 1. The van der Waals surface area contributed by atoms with Crippen molar-refractivity contribution >= 4 is 17.7 Å². The smallest absolute Gasteiger partial charge is 0.355 e. The number of amides is 1. The molecule has 0 spiro atoms. The summed E-state index contributed by atoms with van der Waals surface area (Å²) < 4.78 is 23.6. The van der Waals surface area contributed by atoms with Crippen LogP contribution in [0.1, 0.15) is 62.1 Å². The standard InChI is InChI=1S/C24H25FN2O5/c1-5-31-24(30)21-14(2)20(15(3)26-21)22(28)16(4)27(23(29)19-7-6-12-32-19)13-17-8-10-18(25)11-9-17/h6-12,16,26H,5,13H2,1-4H3/t16-/m1/s1. The second-order valence-corrected chi connectivity index (χ2v) is 7.42. The SMILES string of the molecule is CCOC(=O)c1[nH]c(C)c(C(=O)[C@@H](C)N(Cc2ccc(F)cc2)C(=O)c2ccco2)c1C. The number of hydrogen-bond donors (Lipinski definition) is 1. The van der Waals surface area contributed by atoms with E-state index in [4.69, 9.17) is 9.15 Å². The summed E-state index contributed by atoms with van der Waals surface area (Å²) in [6, 6.07) is 7.92. The minimum atomic E-state index is -0.888. The van der Waals surface area contributed by atoms with Crippen molar-refractivity contribution in [3.63, 3.8) is 0 Å². The van der Waals surface area contributed by atoms with Gasteiger partial charge in [-0.25, -0.2) is 9.18 Å². The van der Waals surface area contributed by atoms with Crippen molar-refractivity contribution in [3.05, 3.63) is 82.3 Å². The number of hydrogen-bond acceptors (Lipinski definition) is 5. The first-order chi connectivity index (χ1) is 15.2. The number of nitrogens with zero attached hydrogens (tertiary/aromatic N) is 1. The Kier molecular flexibility index (Phi) is 6.92. The van der Waals surface area contributed by atoms with E-state index < -0.39 is 23.7 Å². The lowest BCUT2D eigenvalue weighted by Crippen LogP contribution is -2.43. The molecular weight excluding hydrogens is 415 g/mol. The number of carbonyl (C=O) groups excluding carboxylic acids is 3. The molecule has 3 rings (SSSR count). The number of H-pyrrole nitrogens is 1. The van der Waals surface area contributed by atoms with Crippen molar-refractivity contribution in [3.8, 4) is 0 Å². The number of ether oxygens (including phenoxy) is 1. The molecule has 0 bridgehead atoms. The van der Waals surface area contributed by atoms with Crippen molar-refractivity contribution in [1.82, 2.24) is 9.88 Å². The van der Waals surface area contributed by atoms with Gasteiger partial charge in [-0.2, -0.15) is 0 Å². The van der Waals surface area contributed by atoms with Crippen LogP contribution >= 0.6 is 0 Å². The van der Waals surface area contributed by atoms with Gasteiger partial charge >= 0.3 is 5.97 Å². The normalized spacial score (nSPS) is 11.8. The lowest BCUT2D eigenvalue weighted by atomic mass is 9.99. The summed E-state index contributed by atoms with van der Waals surface area (Å²) in [6.07, 6.45) is 1.38. The minimum Gasteiger partial charge on any atom is -0.461 e. The van der Waals surface area contributed by atoms with Crippen molar-refractivity contribution in [2.24, 2.45) is 0 Å². The Hall–Kier alpha value is -3.68. The fourth-order valence-corrected chi connectivity index (χ4v) is 3.59. The second-order valence-electron chi connectivity index (χ2n) is 7.42. The van der Waals surface area contributed by atoms with Crippen molar-refractivity contribution in [2.45, 2.75) is 40.3 Å². The highest BCUT2D eigenvalue weighted by molar-refractivity contribution is 6.07. The molecule has 0 aliphatic carbocycles. The maximum absolute atomic E-state index is 13.5. The highest BCUT2D eigenvalue weighted by atomic mass is 19.1. The van der Waals surface area contributed by atoms with Gasteiger partial charge in [0.15, 0.2) is 11.5 Å². The van der Waals surface area contributed by atoms with Gasteiger partial charge in [0.1, 0.15) is 11.5 Å². The van der Waals surface area contributed by atoms with Gasteiger partial charge in [-0.1, -0.05) is 12.1 Å². The number of aromatic nitrogens is 1. The number of halogens is 1. The number of rotatable bonds is 8. The number of carbonyl (C=O) groups is 3. The van der Waals surface area contributed by atoms with Gasteiger partial charge in [-0.15, -0.1) is 0 Å². The number of aromatic amines is 1. The Morgan fingerprint density at radius 3 is 2.44 bits per heavy atom. The summed E-state index contributed by atoms with van der Waals surface area (Å²) in [5.41, 5.74) is 2.17. The molecule has 2 aromatic heterocycles. The molecule has 2 heterocycles. The maximum atomic E-state index is 13.5. The topological polar surface area (TPSA) is 92.6 Å². The number of furan rings is 1. The lowest BCUT2D eigenvalue weighted by molar-refractivity contribution is 0.0518. The molecule has 8 heteroatoms. The fourth-order valence-electron chi connectivity index (χ4n) is 3.59. The molecule has 1 atom stereocenters. The molecule has 0 unspecified atom stereocenters. The van der Waals surface area contributed by atoms with E-state index in [1.807, 2.05) is 0 Å². The second kappa shape index (κ2) is 9.64. The molecule has 0 fully saturated rings. The molecule has 32 heavy (non-hydrogen) atoms. The van der Waals surface area contributed by atoms with Gasteiger partial charge < -0.3 is 19.0 Å². The Bertz CT molecular complexity index is 1120. The number of nitrogens with one attached hydrogen (secondary N) is 1. The third-order valence-electron chi connectivity index (χ3n) is 5.27. The fraction of sp³-hybridized carbons (Fsp3) is 0.292. The molecule has 1 N–H and O–H groups in total. The van der Waals surface area contributed by atoms with E-state index in [1.165, 1.54) is 29.4 Å². The number of Topliss-reactive ketones (excluding diaryl/α,β-unsaturated/α-hetero) is 1. The van der Waals surface area contributed by atoms with Crippen molar-refractivity contribution in [1.29, 1.82) is 0 Å². The summed E-state index contributed by atoms with van der Waals surface area (Å²) in [6.45, 7) is 6.94. The first kappa shape index (κ1) is 23.0. The number of ketones is 1. The largest absolute Gasteiger partial charge is 0.461 e. The predicted molar refractivity (Wildman–Crippen MR) is 115 cm³/mol. The molecule has 7 nitrogen and oxygen atoms in total. The van der Waals surface area contributed by atoms with Crippen molar-refractivity contribution in [2.75, 3.05) is 6.61 Å². The van der Waals surface area contributed by atoms with Crippen LogP contribution in [0.3, 0.4) is 0 Å². The first-order valence-electron chi connectivity index (χ1n) is 10.2. The van der Waals surface area contributed by atoms with E-state index in [2.05, 4.69) is 4.98 Å². The van der Waals surface area contributed by atoms with Crippen LogP contribution in [0.2, 0.25) is 0 Å². The van der Waals surface area contributed by atoms with Gasteiger partial charge in [-0.3, -0.25) is 9.59 Å². The summed E-state index contributed by atoms with van der Waals surface area (Å²) in [4.78, 5) is 43.1. The Morgan fingerprint density at radius 1 is 1.16 bits per heavy atom. The first-order valence-corrected chi connectivity index (χ1v) is 10.2. The zero-order valence-electron chi connectivity index (χ0n) is 18.4. The van der Waals surface area contributed by atoms with E-state index in [9.17, 15) is 18.8 Å². The predicted octanol–water partition coefficient (Wildman–Crippen LogP) is 4.45. The molecular formula is C24H25FN2O5. The van der Waals surface area contributed by atoms with Crippen LogP contribution in [0.5, 0.6) is 0 Å². The van der Waals surface area contributed by atoms with Gasteiger partial charge in [0.25, 0.3) is 5.91 Å². The number of benzene rings is 1. The molecule has 0 aliphatic rings. The maximum Gasteiger partial charge on any atom is 0.355 e. The summed E-state index contributed by atoms with van der Waals surface area (Å²) in [7, 11) is 0. The Morgan fingerprint density at radius 2 is 1.84 bits per heavy atom. The molecule has 0 aliphatic heterocycles. The third-order valence-corrected chi connectivity index (χ3v) is 5.27. The quantitative estimate of drug-likeness (QED) is 0.413. The highest BCUT2D eigenvalue weighted by Crippen LogP contribution is 2.24. The molecule has 0 radical (unpaired) electrons. The Balaban J connectivity index is 1.96. The van der Waals surface area contributed by atoms with Gasteiger partial charge in [0, 0.05) is 17.8 Å². The number of aryl methyl sites for hydroxylation is 1. The van der Waals surface area contributed by atoms with Crippen LogP contribution in [-0.4, -0.2) is 40.2 Å². The van der Waals surface area contributed by atoms with Crippen LogP contribution < -0.4 is 0 Å². The summed E-state index contributed by atoms with van der Waals surface area (Å²) in [5.74, 6) is -1.67. The van der Waals surface area contributed by atoms with Crippen LogP contribution in [0.4, 0.5) is 4.39 Å². The van der Waals surface area contributed by atoms with E-state index in [0.29, 0.717) is 22.4 Å². The zero-order chi connectivity index (χ0) is 23.4. The molecule has 3 aromatic rings. The van der Waals surface area contributed by atoms with Crippen LogP contribution in [-0.2, 0) is 11.3 Å². The van der Waals surface area contributed by atoms with E-state index in [1.54, 1.807) is 45.9 Å². The molecule has 1 aromatic carbocycles. The van der Waals surface area contributed by atoms with Gasteiger partial charge in [0.2, 0.25) is 0 Å². The Labute approximate surface area is 185 Å². The summed E-state index contributed by atoms with van der Waals surface area (Å²) in [5, 5.41) is 0. The monoisotopic (exact) mass is 440 g/mol. The van der Waals surface area contributed by atoms with Crippen LogP contribution in [0, 0.1) is 19.7 Å². The molecule has 0 saturated heterocycles. The molecule has 1 amide bonds. The van der Waals surface area contributed by atoms with E-state index in [-0.39, 0.29) is 30.4 Å². The molecule has 168 valence electrons. The minimum absolute atomic E-state index is 0.0694. The van der Waals surface area contributed by atoms with E-state index >= 15 is 0 Å².